The fourth-order valence-corrected chi connectivity index (χ4v) is 4.25. The van der Waals surface area contributed by atoms with Gasteiger partial charge < -0.3 is 10.1 Å². The third-order valence-corrected chi connectivity index (χ3v) is 5.55. The van der Waals surface area contributed by atoms with E-state index in [0.717, 1.165) is 28.8 Å². The maximum atomic E-state index is 11.7. The van der Waals surface area contributed by atoms with Crippen LogP contribution in [0.2, 0.25) is 0 Å². The summed E-state index contributed by atoms with van der Waals surface area (Å²) in [6, 6.07) is 10.8. The Bertz CT molecular complexity index is 949. The smallest absolute Gasteiger partial charge is 0.337 e. The number of hydrogen-bond acceptors (Lipinski definition) is 5. The zero-order chi connectivity index (χ0) is 19.1. The highest BCUT2D eigenvalue weighted by molar-refractivity contribution is 5.89. The molecule has 2 aromatic carbocycles. The molecule has 0 bridgehead atoms. The minimum absolute atomic E-state index is 0.0735. The molecule has 2 aliphatic rings. The normalized spacial score (nSPS) is 22.5. The van der Waals surface area contributed by atoms with E-state index in [-0.39, 0.29) is 34.5 Å². The van der Waals surface area contributed by atoms with E-state index in [1.807, 2.05) is 19.1 Å². The van der Waals surface area contributed by atoms with Crippen LogP contribution in [0.5, 0.6) is 0 Å². The van der Waals surface area contributed by atoms with Gasteiger partial charge in [-0.05, 0) is 48.1 Å². The number of ether oxygens (including phenoxy) is 1. The number of benzene rings is 2. The number of carbonyl (C=O) groups is 1. The average Bonchev–Trinajstić information content (AvgIpc) is 3.17. The van der Waals surface area contributed by atoms with Gasteiger partial charge in [0, 0.05) is 23.7 Å². The first kappa shape index (κ1) is 17.3. The quantitative estimate of drug-likeness (QED) is 0.375. The fourth-order valence-electron chi connectivity index (χ4n) is 4.25. The molecule has 2 aromatic rings. The molecule has 0 spiro atoms. The summed E-state index contributed by atoms with van der Waals surface area (Å²) in [4.78, 5) is 22.6. The second-order valence-corrected chi connectivity index (χ2v) is 7.07. The highest BCUT2D eigenvalue weighted by Gasteiger charge is 2.39. The van der Waals surface area contributed by atoms with Crippen molar-refractivity contribution in [3.05, 3.63) is 80.9 Å². The molecule has 6 heteroatoms. The summed E-state index contributed by atoms with van der Waals surface area (Å²) in [5.41, 5.74) is 4.57. The predicted octanol–water partition coefficient (Wildman–Crippen LogP) is 4.52. The molecule has 27 heavy (non-hydrogen) atoms. The molecular weight excluding hydrogens is 344 g/mol. The Kier molecular flexibility index (Phi) is 4.18. The first-order chi connectivity index (χ1) is 13.0. The van der Waals surface area contributed by atoms with Crippen LogP contribution in [0.25, 0.3) is 0 Å². The molecule has 4 rings (SSSR count). The Morgan fingerprint density at radius 3 is 2.67 bits per heavy atom. The van der Waals surface area contributed by atoms with E-state index in [0.29, 0.717) is 5.56 Å². The van der Waals surface area contributed by atoms with Gasteiger partial charge in [0.1, 0.15) is 0 Å². The van der Waals surface area contributed by atoms with E-state index >= 15 is 0 Å². The monoisotopic (exact) mass is 364 g/mol. The molecule has 1 heterocycles. The topological polar surface area (TPSA) is 81.5 Å². The van der Waals surface area contributed by atoms with Crippen LogP contribution in [0.3, 0.4) is 0 Å². The number of allylic oxidation sites excluding steroid dienone is 2. The Morgan fingerprint density at radius 1 is 1.26 bits per heavy atom. The zero-order valence-electron chi connectivity index (χ0n) is 15.1. The van der Waals surface area contributed by atoms with Gasteiger partial charge in [0.2, 0.25) is 0 Å². The molecule has 1 N–H and O–H groups in total. The summed E-state index contributed by atoms with van der Waals surface area (Å²) in [5.74, 6) is 0.0695. The van der Waals surface area contributed by atoms with Crippen LogP contribution in [-0.4, -0.2) is 18.0 Å². The summed E-state index contributed by atoms with van der Waals surface area (Å²) >= 11 is 0. The highest BCUT2D eigenvalue weighted by Crippen LogP contribution is 2.51. The number of nitrogens with zero attached hydrogens (tertiary/aromatic N) is 1. The number of fused-ring (bicyclic) bond motifs is 3. The highest BCUT2D eigenvalue weighted by atomic mass is 16.6. The van der Waals surface area contributed by atoms with E-state index in [2.05, 4.69) is 17.5 Å². The van der Waals surface area contributed by atoms with Gasteiger partial charge in [-0.1, -0.05) is 24.3 Å². The van der Waals surface area contributed by atoms with E-state index in [9.17, 15) is 14.9 Å². The number of hydrogen-bond donors (Lipinski definition) is 1. The lowest BCUT2D eigenvalue weighted by atomic mass is 9.76. The van der Waals surface area contributed by atoms with Crippen molar-refractivity contribution in [1.29, 1.82) is 0 Å². The number of non-ortho nitro benzene ring substituents is 1. The Labute approximate surface area is 157 Å². The van der Waals surface area contributed by atoms with Crippen LogP contribution in [0, 0.1) is 23.0 Å². The lowest BCUT2D eigenvalue weighted by Crippen LogP contribution is -2.29. The van der Waals surface area contributed by atoms with Crippen LogP contribution < -0.4 is 5.32 Å². The third-order valence-electron chi connectivity index (χ3n) is 5.55. The number of anilines is 1. The largest absolute Gasteiger partial charge is 0.465 e. The van der Waals surface area contributed by atoms with Crippen molar-refractivity contribution in [2.45, 2.75) is 25.3 Å². The maximum absolute atomic E-state index is 11.7. The predicted molar refractivity (Wildman–Crippen MR) is 102 cm³/mol. The van der Waals surface area contributed by atoms with Crippen LogP contribution >= 0.6 is 0 Å². The van der Waals surface area contributed by atoms with Crippen molar-refractivity contribution in [3.8, 4) is 0 Å². The fraction of sp³-hybridized carbons (Fsp3) is 0.286. The molecule has 0 aromatic heterocycles. The molecule has 0 radical (unpaired) electrons. The molecule has 138 valence electrons. The van der Waals surface area contributed by atoms with Crippen molar-refractivity contribution < 1.29 is 14.5 Å². The number of aryl methyl sites for hydroxylation is 1. The summed E-state index contributed by atoms with van der Waals surface area (Å²) in [5, 5.41) is 14.9. The Balaban J connectivity index is 1.74. The first-order valence-corrected chi connectivity index (χ1v) is 8.90. The van der Waals surface area contributed by atoms with Gasteiger partial charge in [-0.15, -0.1) is 0 Å². The number of carbonyl (C=O) groups excluding carboxylic acids is 1. The van der Waals surface area contributed by atoms with Crippen molar-refractivity contribution in [2.75, 3.05) is 12.4 Å². The van der Waals surface area contributed by atoms with Crippen molar-refractivity contribution in [2.24, 2.45) is 5.92 Å². The van der Waals surface area contributed by atoms with E-state index in [4.69, 9.17) is 4.74 Å². The number of methoxy groups -OCH3 is 1. The van der Waals surface area contributed by atoms with Gasteiger partial charge in [0.25, 0.3) is 5.69 Å². The second-order valence-electron chi connectivity index (χ2n) is 7.07. The van der Waals surface area contributed by atoms with Gasteiger partial charge in [-0.2, -0.15) is 0 Å². The van der Waals surface area contributed by atoms with Crippen LogP contribution in [0.1, 0.15) is 45.4 Å². The van der Waals surface area contributed by atoms with Crippen LogP contribution in [-0.2, 0) is 4.74 Å². The SMILES string of the molecule is COC(=O)c1ccc([C@@H]2Nc3c(C)cc([N+](=O)[O-])cc3[C@H]3C=CC[C@H]32)cc1. The lowest BCUT2D eigenvalue weighted by molar-refractivity contribution is -0.385. The van der Waals surface area contributed by atoms with E-state index in [1.54, 1.807) is 24.3 Å². The molecule has 0 amide bonds. The number of esters is 1. The van der Waals surface area contributed by atoms with Gasteiger partial charge >= 0.3 is 5.97 Å². The standard InChI is InChI=1S/C21H20N2O4/c1-12-10-15(23(25)26)11-18-16-4-3-5-17(16)20(22-19(12)18)13-6-8-14(9-7-13)21(24)27-2/h3-4,6-11,16-17,20,22H,5H2,1-2H3/t16-,17+,20-/m0/s1. The summed E-state index contributed by atoms with van der Waals surface area (Å²) < 4.78 is 4.76. The Hall–Kier alpha value is -3.15. The molecule has 0 saturated carbocycles. The number of nitro benzene ring substituents is 1. The van der Waals surface area contributed by atoms with Gasteiger partial charge in [-0.3, -0.25) is 10.1 Å². The number of nitrogens with one attached hydrogen (secondary N) is 1. The molecule has 0 unspecified atom stereocenters. The van der Waals surface area contributed by atoms with E-state index in [1.165, 1.54) is 7.11 Å². The molecule has 3 atom stereocenters. The van der Waals surface area contributed by atoms with Gasteiger partial charge in [-0.25, -0.2) is 4.79 Å². The van der Waals surface area contributed by atoms with E-state index < -0.39 is 0 Å². The van der Waals surface area contributed by atoms with Crippen LogP contribution in [0.15, 0.2) is 48.6 Å². The maximum Gasteiger partial charge on any atom is 0.337 e. The van der Waals surface area contributed by atoms with Gasteiger partial charge in [0.15, 0.2) is 0 Å². The second kappa shape index (κ2) is 6.54. The first-order valence-electron chi connectivity index (χ1n) is 8.90. The zero-order valence-corrected chi connectivity index (χ0v) is 15.1. The third kappa shape index (κ3) is 2.87. The van der Waals surface area contributed by atoms with Gasteiger partial charge in [0.05, 0.1) is 23.6 Å². The Morgan fingerprint density at radius 2 is 2.00 bits per heavy atom. The minimum atomic E-state index is -0.355. The molecule has 1 aliphatic heterocycles. The molecular formula is C21H20N2O4. The lowest BCUT2D eigenvalue weighted by Gasteiger charge is -2.38. The van der Waals surface area contributed by atoms with Crippen molar-refractivity contribution in [3.63, 3.8) is 0 Å². The molecule has 1 aliphatic carbocycles. The minimum Gasteiger partial charge on any atom is -0.465 e. The van der Waals surface area contributed by atoms with Crippen LogP contribution in [0.4, 0.5) is 11.4 Å². The number of rotatable bonds is 3. The molecule has 6 nitrogen and oxygen atoms in total. The average molecular weight is 364 g/mol. The van der Waals surface area contributed by atoms with Crippen molar-refractivity contribution >= 4 is 17.3 Å². The molecule has 0 fully saturated rings. The van der Waals surface area contributed by atoms with Crippen molar-refractivity contribution in [1.82, 2.24) is 0 Å². The molecule has 0 saturated heterocycles. The summed E-state index contributed by atoms with van der Waals surface area (Å²) in [6.45, 7) is 1.90. The number of nitro groups is 1. The summed E-state index contributed by atoms with van der Waals surface area (Å²) in [7, 11) is 1.37. The summed E-state index contributed by atoms with van der Waals surface area (Å²) in [6.07, 6.45) is 5.21.